The number of hydrogen-bond donors (Lipinski definition) is 1. The standard InChI is InChI=1S/C13H17BrN2O/c1-9-3-4-11(12(14)7-9)13(17)15-10-5-6-16(2)8-10/h3-4,7,10H,5-6,8H2,1-2H3,(H,15,17). The van der Waals surface area contributed by atoms with Crippen molar-refractivity contribution in [3.63, 3.8) is 0 Å². The normalized spacial score (nSPS) is 20.5. The van der Waals surface area contributed by atoms with E-state index in [0.717, 1.165) is 29.5 Å². The first kappa shape index (κ1) is 12.6. The second-order valence-corrected chi connectivity index (χ2v) is 5.56. The third-order valence-corrected chi connectivity index (χ3v) is 3.75. The van der Waals surface area contributed by atoms with Crippen molar-refractivity contribution in [2.75, 3.05) is 20.1 Å². The molecular weight excluding hydrogens is 280 g/mol. The molecule has 0 radical (unpaired) electrons. The van der Waals surface area contributed by atoms with Gasteiger partial charge in [0.25, 0.3) is 5.91 Å². The lowest BCUT2D eigenvalue weighted by Gasteiger charge is -2.13. The van der Waals surface area contributed by atoms with Gasteiger partial charge in [0, 0.05) is 17.1 Å². The molecule has 92 valence electrons. The van der Waals surface area contributed by atoms with Crippen LogP contribution in [0.5, 0.6) is 0 Å². The highest BCUT2D eigenvalue weighted by molar-refractivity contribution is 9.10. The van der Waals surface area contributed by atoms with Gasteiger partial charge in [0.2, 0.25) is 0 Å². The average Bonchev–Trinajstić information content (AvgIpc) is 2.63. The predicted molar refractivity (Wildman–Crippen MR) is 72.2 cm³/mol. The summed E-state index contributed by atoms with van der Waals surface area (Å²) in [5.74, 6) is 0.0113. The van der Waals surface area contributed by atoms with Crippen LogP contribution in [0.2, 0.25) is 0 Å². The summed E-state index contributed by atoms with van der Waals surface area (Å²) < 4.78 is 0.862. The smallest absolute Gasteiger partial charge is 0.252 e. The number of aryl methyl sites for hydroxylation is 1. The highest BCUT2D eigenvalue weighted by Crippen LogP contribution is 2.19. The maximum Gasteiger partial charge on any atom is 0.252 e. The molecule has 1 saturated heterocycles. The summed E-state index contributed by atoms with van der Waals surface area (Å²) in [6.45, 7) is 4.01. The topological polar surface area (TPSA) is 32.3 Å². The van der Waals surface area contributed by atoms with Crippen molar-refractivity contribution in [3.05, 3.63) is 33.8 Å². The minimum absolute atomic E-state index is 0.0113. The van der Waals surface area contributed by atoms with Gasteiger partial charge < -0.3 is 10.2 Å². The van der Waals surface area contributed by atoms with Crippen LogP contribution in [0.4, 0.5) is 0 Å². The lowest BCUT2D eigenvalue weighted by molar-refractivity contribution is 0.0937. The van der Waals surface area contributed by atoms with Gasteiger partial charge in [-0.3, -0.25) is 4.79 Å². The van der Waals surface area contributed by atoms with Crippen molar-refractivity contribution < 1.29 is 4.79 Å². The number of carbonyl (C=O) groups excluding carboxylic acids is 1. The zero-order valence-electron chi connectivity index (χ0n) is 10.2. The molecule has 1 N–H and O–H groups in total. The molecule has 1 unspecified atom stereocenters. The van der Waals surface area contributed by atoms with E-state index >= 15 is 0 Å². The molecule has 2 rings (SSSR count). The van der Waals surface area contributed by atoms with Crippen molar-refractivity contribution in [2.24, 2.45) is 0 Å². The quantitative estimate of drug-likeness (QED) is 0.907. The Kier molecular flexibility index (Phi) is 3.84. The van der Waals surface area contributed by atoms with Crippen LogP contribution in [0.1, 0.15) is 22.3 Å². The molecule has 1 aromatic carbocycles. The molecule has 1 aromatic rings. The van der Waals surface area contributed by atoms with Crippen LogP contribution in [-0.4, -0.2) is 37.0 Å². The molecule has 0 aliphatic carbocycles. The Morgan fingerprint density at radius 2 is 2.29 bits per heavy atom. The first-order valence-corrected chi connectivity index (χ1v) is 6.61. The van der Waals surface area contributed by atoms with Gasteiger partial charge in [0.05, 0.1) is 5.56 Å². The van der Waals surface area contributed by atoms with Gasteiger partial charge in [0.15, 0.2) is 0 Å². The van der Waals surface area contributed by atoms with Crippen molar-refractivity contribution in [1.29, 1.82) is 0 Å². The maximum atomic E-state index is 12.1. The Labute approximate surface area is 110 Å². The van der Waals surface area contributed by atoms with Crippen molar-refractivity contribution in [1.82, 2.24) is 10.2 Å². The third kappa shape index (κ3) is 3.07. The van der Waals surface area contributed by atoms with Crippen molar-refractivity contribution in [2.45, 2.75) is 19.4 Å². The summed E-state index contributed by atoms with van der Waals surface area (Å²) in [5, 5.41) is 3.08. The van der Waals surface area contributed by atoms with Crippen LogP contribution in [-0.2, 0) is 0 Å². The molecule has 0 bridgehead atoms. The average molecular weight is 297 g/mol. The Morgan fingerprint density at radius 3 is 2.88 bits per heavy atom. The Bertz CT molecular complexity index is 433. The molecule has 1 aliphatic rings. The van der Waals surface area contributed by atoms with Crippen LogP contribution < -0.4 is 5.32 Å². The number of benzene rings is 1. The van der Waals surface area contributed by atoms with Crippen LogP contribution in [0.15, 0.2) is 22.7 Å². The minimum Gasteiger partial charge on any atom is -0.348 e. The summed E-state index contributed by atoms with van der Waals surface area (Å²) in [5.41, 5.74) is 1.86. The van der Waals surface area contributed by atoms with E-state index in [2.05, 4.69) is 33.2 Å². The van der Waals surface area contributed by atoms with Crippen LogP contribution >= 0.6 is 15.9 Å². The number of rotatable bonds is 2. The summed E-state index contributed by atoms with van der Waals surface area (Å²) in [4.78, 5) is 14.3. The van der Waals surface area contributed by atoms with Crippen LogP contribution in [0.25, 0.3) is 0 Å². The van der Waals surface area contributed by atoms with Crippen molar-refractivity contribution >= 4 is 21.8 Å². The lowest BCUT2D eigenvalue weighted by atomic mass is 10.1. The summed E-state index contributed by atoms with van der Waals surface area (Å²) in [6, 6.07) is 6.07. The van der Waals surface area contributed by atoms with Gasteiger partial charge in [-0.25, -0.2) is 0 Å². The molecule has 17 heavy (non-hydrogen) atoms. The van der Waals surface area contributed by atoms with E-state index in [4.69, 9.17) is 0 Å². The van der Waals surface area contributed by atoms with E-state index in [-0.39, 0.29) is 11.9 Å². The second kappa shape index (κ2) is 5.19. The van der Waals surface area contributed by atoms with E-state index < -0.39 is 0 Å². The van der Waals surface area contributed by atoms with E-state index in [1.807, 2.05) is 25.1 Å². The molecule has 0 aromatic heterocycles. The fourth-order valence-corrected chi connectivity index (χ4v) is 2.79. The summed E-state index contributed by atoms with van der Waals surface area (Å²) >= 11 is 3.44. The fraction of sp³-hybridized carbons (Fsp3) is 0.462. The number of nitrogens with one attached hydrogen (secondary N) is 1. The Hall–Kier alpha value is -0.870. The van der Waals surface area contributed by atoms with E-state index in [0.29, 0.717) is 5.56 Å². The maximum absolute atomic E-state index is 12.1. The Balaban J connectivity index is 2.04. The van der Waals surface area contributed by atoms with Gasteiger partial charge in [-0.05, 0) is 60.6 Å². The molecule has 1 atom stereocenters. The largest absolute Gasteiger partial charge is 0.348 e. The number of nitrogens with zero attached hydrogens (tertiary/aromatic N) is 1. The molecule has 1 heterocycles. The van der Waals surface area contributed by atoms with Gasteiger partial charge in [-0.2, -0.15) is 0 Å². The molecular formula is C13H17BrN2O. The molecule has 0 spiro atoms. The highest BCUT2D eigenvalue weighted by Gasteiger charge is 2.22. The fourth-order valence-electron chi connectivity index (χ4n) is 2.12. The van der Waals surface area contributed by atoms with Gasteiger partial charge in [-0.15, -0.1) is 0 Å². The van der Waals surface area contributed by atoms with E-state index in [9.17, 15) is 4.79 Å². The van der Waals surface area contributed by atoms with Gasteiger partial charge >= 0.3 is 0 Å². The second-order valence-electron chi connectivity index (χ2n) is 4.70. The van der Waals surface area contributed by atoms with E-state index in [1.54, 1.807) is 0 Å². The third-order valence-electron chi connectivity index (χ3n) is 3.10. The van der Waals surface area contributed by atoms with E-state index in [1.165, 1.54) is 0 Å². The zero-order valence-corrected chi connectivity index (χ0v) is 11.8. The molecule has 4 heteroatoms. The first-order valence-electron chi connectivity index (χ1n) is 5.82. The number of carbonyl (C=O) groups is 1. The Morgan fingerprint density at radius 1 is 1.53 bits per heavy atom. The first-order chi connectivity index (χ1) is 8.06. The monoisotopic (exact) mass is 296 g/mol. The van der Waals surface area contributed by atoms with Gasteiger partial charge in [-0.1, -0.05) is 6.07 Å². The number of halogens is 1. The predicted octanol–water partition coefficient (Wildman–Crippen LogP) is 2.19. The molecule has 1 aliphatic heterocycles. The molecule has 1 amide bonds. The molecule has 1 fully saturated rings. The minimum atomic E-state index is 0.0113. The number of amides is 1. The van der Waals surface area contributed by atoms with Crippen molar-refractivity contribution in [3.8, 4) is 0 Å². The molecule has 3 nitrogen and oxygen atoms in total. The van der Waals surface area contributed by atoms with Gasteiger partial charge in [0.1, 0.15) is 0 Å². The highest BCUT2D eigenvalue weighted by atomic mass is 79.9. The number of likely N-dealkylation sites (tertiary alicyclic amines) is 1. The number of likely N-dealkylation sites (N-methyl/N-ethyl adjacent to an activating group) is 1. The number of hydrogen-bond acceptors (Lipinski definition) is 2. The van der Waals surface area contributed by atoms with Crippen LogP contribution in [0, 0.1) is 6.92 Å². The molecule has 0 saturated carbocycles. The lowest BCUT2D eigenvalue weighted by Crippen LogP contribution is -2.36. The van der Waals surface area contributed by atoms with Crippen LogP contribution in [0.3, 0.4) is 0 Å². The SMILES string of the molecule is Cc1ccc(C(=O)NC2CCN(C)C2)c(Br)c1. The zero-order chi connectivity index (χ0) is 12.4. The summed E-state index contributed by atoms with van der Waals surface area (Å²) in [7, 11) is 2.08. The summed E-state index contributed by atoms with van der Waals surface area (Å²) in [6.07, 6.45) is 1.03.